The van der Waals surface area contributed by atoms with Crippen LogP contribution < -0.4 is 10.4 Å². The van der Waals surface area contributed by atoms with E-state index in [0.717, 1.165) is 25.9 Å². The topological polar surface area (TPSA) is 29.5 Å². The summed E-state index contributed by atoms with van der Waals surface area (Å²) in [6.07, 6.45) is 6.50. The van der Waals surface area contributed by atoms with E-state index in [1.807, 2.05) is 25.7 Å². The van der Waals surface area contributed by atoms with Crippen molar-refractivity contribution in [2.24, 2.45) is 5.41 Å². The molecule has 21 heavy (non-hydrogen) atoms. The summed E-state index contributed by atoms with van der Waals surface area (Å²) in [5.74, 6) is 0. The molecule has 0 aromatic heterocycles. The van der Waals surface area contributed by atoms with Crippen LogP contribution in [-0.2, 0) is 4.74 Å². The number of nitrogens with zero attached hydrogens (tertiary/aromatic N) is 1. The van der Waals surface area contributed by atoms with Crippen LogP contribution in [0.2, 0.25) is 0 Å². The number of amides is 1. The molecule has 112 valence electrons. The third kappa shape index (κ3) is 2.97. The van der Waals surface area contributed by atoms with Gasteiger partial charge in [-0.15, -0.1) is 0 Å². The van der Waals surface area contributed by atoms with Crippen molar-refractivity contribution in [2.75, 3.05) is 13.1 Å². The van der Waals surface area contributed by atoms with Gasteiger partial charge in [0.15, 0.2) is 0 Å². The Hall–Kier alpha value is -1.77. The zero-order valence-electron chi connectivity index (χ0n) is 13.1. The van der Waals surface area contributed by atoms with Crippen molar-refractivity contribution >= 4 is 18.2 Å². The monoisotopic (exact) mass is 285 g/mol. The number of ether oxygens (including phenoxy) is 1. The van der Waals surface area contributed by atoms with Gasteiger partial charge in [0.2, 0.25) is 0 Å². The van der Waals surface area contributed by atoms with Crippen LogP contribution >= 0.6 is 0 Å². The van der Waals surface area contributed by atoms with Crippen molar-refractivity contribution in [2.45, 2.75) is 39.2 Å². The van der Waals surface area contributed by atoms with Crippen LogP contribution in [0.1, 0.15) is 33.6 Å². The number of likely N-dealkylation sites (tertiary alicyclic amines) is 1. The fraction of sp³-hybridized carbons (Fsp3) is 0.500. The van der Waals surface area contributed by atoms with E-state index in [2.05, 4.69) is 36.4 Å². The van der Waals surface area contributed by atoms with Gasteiger partial charge in [0, 0.05) is 18.5 Å². The first-order valence-corrected chi connectivity index (χ1v) is 7.66. The van der Waals surface area contributed by atoms with Crippen LogP contribution in [0.25, 0.3) is 12.2 Å². The Morgan fingerprint density at radius 3 is 2.10 bits per heavy atom. The van der Waals surface area contributed by atoms with E-state index in [1.54, 1.807) is 0 Å². The molecule has 3 rings (SSSR count). The first-order valence-electron chi connectivity index (χ1n) is 7.66. The summed E-state index contributed by atoms with van der Waals surface area (Å²) in [5.41, 5.74) is -0.295. The lowest BCUT2D eigenvalue weighted by Gasteiger charge is -2.37. The Balaban J connectivity index is 1.69. The molecule has 1 aromatic carbocycles. The molecule has 0 bridgehead atoms. The largest absolute Gasteiger partial charge is 0.444 e. The van der Waals surface area contributed by atoms with Gasteiger partial charge in [-0.2, -0.15) is 0 Å². The van der Waals surface area contributed by atoms with Crippen molar-refractivity contribution in [1.29, 1.82) is 0 Å². The lowest BCUT2D eigenvalue weighted by Crippen LogP contribution is -2.43. The minimum Gasteiger partial charge on any atom is -0.444 e. The number of hydrogen-bond donors (Lipinski definition) is 0. The summed E-state index contributed by atoms with van der Waals surface area (Å²) in [6, 6.07) is 8.50. The number of carbonyl (C=O) groups is 1. The number of hydrogen-bond acceptors (Lipinski definition) is 2. The zero-order chi connectivity index (χ0) is 15.1. The minimum absolute atomic E-state index is 0.127. The third-order valence-electron chi connectivity index (χ3n) is 4.23. The highest BCUT2D eigenvalue weighted by molar-refractivity contribution is 5.69. The van der Waals surface area contributed by atoms with E-state index in [0.29, 0.717) is 0 Å². The predicted molar refractivity (Wildman–Crippen MR) is 84.1 cm³/mol. The maximum absolute atomic E-state index is 12.1. The smallest absolute Gasteiger partial charge is 0.410 e. The van der Waals surface area contributed by atoms with Gasteiger partial charge >= 0.3 is 6.09 Å². The molecule has 3 heteroatoms. The van der Waals surface area contributed by atoms with Gasteiger partial charge in [-0.05, 0) is 44.1 Å². The highest BCUT2D eigenvalue weighted by atomic mass is 16.6. The van der Waals surface area contributed by atoms with Crippen LogP contribution in [0.15, 0.2) is 24.3 Å². The molecular weight excluding hydrogens is 262 g/mol. The predicted octanol–water partition coefficient (Wildman–Crippen LogP) is 2.28. The summed E-state index contributed by atoms with van der Waals surface area (Å²) in [5, 5.41) is 2.64. The van der Waals surface area contributed by atoms with Crippen molar-refractivity contribution in [3.8, 4) is 0 Å². The fourth-order valence-electron chi connectivity index (χ4n) is 3.16. The molecule has 0 radical (unpaired) electrons. The first-order chi connectivity index (χ1) is 9.87. The van der Waals surface area contributed by atoms with Gasteiger partial charge in [0.1, 0.15) is 5.60 Å². The normalized spacial score (nSPS) is 19.7. The Morgan fingerprint density at radius 2 is 1.62 bits per heavy atom. The molecule has 1 amide bonds. The fourth-order valence-corrected chi connectivity index (χ4v) is 3.16. The highest BCUT2D eigenvalue weighted by Gasteiger charge is 2.35. The van der Waals surface area contributed by atoms with Crippen molar-refractivity contribution in [3.05, 3.63) is 34.7 Å². The molecule has 0 atom stereocenters. The molecule has 3 nitrogen and oxygen atoms in total. The van der Waals surface area contributed by atoms with E-state index in [-0.39, 0.29) is 11.5 Å². The molecule has 1 spiro atoms. The second-order valence-electron chi connectivity index (χ2n) is 7.12. The quantitative estimate of drug-likeness (QED) is 0.732. The number of benzene rings is 1. The van der Waals surface area contributed by atoms with Gasteiger partial charge in [-0.1, -0.05) is 36.4 Å². The molecule has 1 heterocycles. The maximum atomic E-state index is 12.1. The molecule has 1 saturated heterocycles. The molecule has 1 aliphatic heterocycles. The standard InChI is InChI=1S/C18H23NO2/c1-17(2,3)21-16(20)19-10-8-18(9-11-19)12-14-6-4-5-7-15(14)13-18/h4-7,12-13H,8-11H2,1-3H3. The molecule has 0 N–H and O–H groups in total. The Bertz CT molecular complexity index is 624. The Kier molecular flexibility index (Phi) is 3.31. The van der Waals surface area contributed by atoms with Gasteiger partial charge in [0.05, 0.1) is 0 Å². The molecule has 2 aliphatic rings. The van der Waals surface area contributed by atoms with E-state index >= 15 is 0 Å². The Labute approximate surface area is 125 Å². The van der Waals surface area contributed by atoms with Gasteiger partial charge in [-0.25, -0.2) is 4.79 Å². The van der Waals surface area contributed by atoms with Gasteiger partial charge in [0.25, 0.3) is 0 Å². The van der Waals surface area contributed by atoms with Crippen LogP contribution in [0.4, 0.5) is 4.79 Å². The lowest BCUT2D eigenvalue weighted by molar-refractivity contribution is 0.0183. The molecule has 0 unspecified atom stereocenters. The third-order valence-corrected chi connectivity index (χ3v) is 4.23. The number of rotatable bonds is 0. The second-order valence-corrected chi connectivity index (χ2v) is 7.12. The van der Waals surface area contributed by atoms with E-state index in [9.17, 15) is 4.79 Å². The molecule has 1 aromatic rings. The van der Waals surface area contributed by atoms with Crippen molar-refractivity contribution in [3.63, 3.8) is 0 Å². The van der Waals surface area contributed by atoms with E-state index in [4.69, 9.17) is 4.74 Å². The van der Waals surface area contributed by atoms with E-state index < -0.39 is 5.60 Å². The molecule has 1 aliphatic carbocycles. The second kappa shape index (κ2) is 4.90. The summed E-state index contributed by atoms with van der Waals surface area (Å²) >= 11 is 0. The van der Waals surface area contributed by atoms with Crippen LogP contribution in [-0.4, -0.2) is 29.7 Å². The summed E-state index contributed by atoms with van der Waals surface area (Å²) in [4.78, 5) is 14.0. The average Bonchev–Trinajstić information content (AvgIpc) is 2.75. The molecule has 1 fully saturated rings. The van der Waals surface area contributed by atoms with Crippen LogP contribution in [0, 0.1) is 5.41 Å². The van der Waals surface area contributed by atoms with Gasteiger partial charge < -0.3 is 9.64 Å². The SMILES string of the molecule is CC(C)(C)OC(=O)N1CCC2(C=c3ccccc3=C2)CC1. The number of piperidine rings is 1. The maximum Gasteiger partial charge on any atom is 0.410 e. The minimum atomic E-state index is -0.423. The van der Waals surface area contributed by atoms with Crippen LogP contribution in [0.5, 0.6) is 0 Å². The summed E-state index contributed by atoms with van der Waals surface area (Å²) < 4.78 is 5.46. The number of fused-ring (bicyclic) bond motifs is 1. The lowest BCUT2D eigenvalue weighted by atomic mass is 9.79. The average molecular weight is 285 g/mol. The first kappa shape index (κ1) is 14.2. The summed E-state index contributed by atoms with van der Waals surface area (Å²) in [7, 11) is 0. The highest BCUT2D eigenvalue weighted by Crippen LogP contribution is 2.36. The summed E-state index contributed by atoms with van der Waals surface area (Å²) in [6.45, 7) is 7.24. The zero-order valence-corrected chi connectivity index (χ0v) is 13.1. The molecular formula is C18H23NO2. The number of carbonyl (C=O) groups excluding carboxylic acids is 1. The molecule has 0 saturated carbocycles. The van der Waals surface area contributed by atoms with Crippen molar-refractivity contribution in [1.82, 2.24) is 4.90 Å². The van der Waals surface area contributed by atoms with Gasteiger partial charge in [-0.3, -0.25) is 0 Å². The van der Waals surface area contributed by atoms with Crippen molar-refractivity contribution < 1.29 is 9.53 Å². The Morgan fingerprint density at radius 1 is 1.10 bits per heavy atom. The van der Waals surface area contributed by atoms with E-state index in [1.165, 1.54) is 10.4 Å². The van der Waals surface area contributed by atoms with Crippen LogP contribution in [0.3, 0.4) is 0 Å².